The van der Waals surface area contributed by atoms with E-state index in [2.05, 4.69) is 16.4 Å². The zero-order chi connectivity index (χ0) is 13.1. The van der Waals surface area contributed by atoms with E-state index < -0.39 is 0 Å². The summed E-state index contributed by atoms with van der Waals surface area (Å²) in [5, 5.41) is 13.5. The molecule has 0 spiro atoms. The van der Waals surface area contributed by atoms with Crippen LogP contribution < -0.4 is 10.1 Å². The van der Waals surface area contributed by atoms with E-state index in [-0.39, 0.29) is 0 Å². The Bertz CT molecular complexity index is 627. The zero-order valence-corrected chi connectivity index (χ0v) is 10.6. The van der Waals surface area contributed by atoms with Crippen LogP contribution in [0.1, 0.15) is 18.4 Å². The monoisotopic (exact) mass is 253 g/mol. The highest BCUT2D eigenvalue weighted by molar-refractivity contribution is 5.80. The van der Waals surface area contributed by atoms with Gasteiger partial charge >= 0.3 is 0 Å². The topological polar surface area (TPSA) is 57.9 Å². The number of hydrogen-bond donors (Lipinski definition) is 1. The molecule has 1 fully saturated rings. The Balaban J connectivity index is 1.86. The molecule has 0 aliphatic carbocycles. The third-order valence-corrected chi connectivity index (χ3v) is 3.39. The van der Waals surface area contributed by atoms with E-state index in [9.17, 15) is 5.26 Å². The normalized spacial score (nSPS) is 18.4. The molecule has 0 amide bonds. The lowest BCUT2D eigenvalue weighted by Crippen LogP contribution is -2.28. The van der Waals surface area contributed by atoms with Crippen molar-refractivity contribution in [3.8, 4) is 11.9 Å². The third-order valence-electron chi connectivity index (χ3n) is 3.39. The Hall–Kier alpha value is -2.12. The molecule has 1 aliphatic rings. The van der Waals surface area contributed by atoms with E-state index in [0.717, 1.165) is 23.9 Å². The van der Waals surface area contributed by atoms with Crippen molar-refractivity contribution in [3.05, 3.63) is 35.9 Å². The number of hydrogen-bond acceptors (Lipinski definition) is 4. The van der Waals surface area contributed by atoms with Crippen LogP contribution in [0.5, 0.6) is 5.88 Å². The molecule has 4 heteroatoms. The lowest BCUT2D eigenvalue weighted by molar-refractivity contribution is 0.267. The van der Waals surface area contributed by atoms with Crippen LogP contribution in [-0.4, -0.2) is 24.2 Å². The van der Waals surface area contributed by atoms with Crippen LogP contribution in [0, 0.1) is 11.3 Å². The Morgan fingerprint density at radius 2 is 2.32 bits per heavy atom. The van der Waals surface area contributed by atoms with Gasteiger partial charge in [-0.15, -0.1) is 0 Å². The molecule has 3 rings (SSSR count). The lowest BCUT2D eigenvalue weighted by atomic mass is 10.1. The van der Waals surface area contributed by atoms with Crippen molar-refractivity contribution in [2.75, 3.05) is 13.2 Å². The van der Waals surface area contributed by atoms with Crippen LogP contribution in [0.4, 0.5) is 0 Å². The van der Waals surface area contributed by atoms with Crippen molar-refractivity contribution in [2.45, 2.75) is 18.9 Å². The number of rotatable bonds is 3. The molecule has 1 saturated heterocycles. The second-order valence-electron chi connectivity index (χ2n) is 4.75. The van der Waals surface area contributed by atoms with Crippen molar-refractivity contribution in [3.63, 3.8) is 0 Å². The van der Waals surface area contributed by atoms with Gasteiger partial charge in [0.1, 0.15) is 18.2 Å². The second kappa shape index (κ2) is 5.25. The summed E-state index contributed by atoms with van der Waals surface area (Å²) in [6.07, 6.45) is 2.31. The molecule has 1 aliphatic heterocycles. The molecule has 2 heterocycles. The second-order valence-corrected chi connectivity index (χ2v) is 4.75. The molecule has 1 aromatic carbocycles. The fourth-order valence-corrected chi connectivity index (χ4v) is 2.37. The predicted molar refractivity (Wildman–Crippen MR) is 73.0 cm³/mol. The number of nitriles is 1. The van der Waals surface area contributed by atoms with E-state index in [1.54, 1.807) is 0 Å². The maximum atomic E-state index is 9.18. The van der Waals surface area contributed by atoms with E-state index in [1.807, 2.05) is 30.3 Å². The number of fused-ring (bicyclic) bond motifs is 1. The van der Waals surface area contributed by atoms with Crippen molar-refractivity contribution in [1.29, 1.82) is 5.26 Å². The van der Waals surface area contributed by atoms with Gasteiger partial charge in [-0.25, -0.2) is 4.98 Å². The maximum absolute atomic E-state index is 9.18. The van der Waals surface area contributed by atoms with Gasteiger partial charge in [-0.1, -0.05) is 18.2 Å². The largest absolute Gasteiger partial charge is 0.475 e. The summed E-state index contributed by atoms with van der Waals surface area (Å²) < 4.78 is 5.72. The maximum Gasteiger partial charge on any atom is 0.232 e. The fourth-order valence-electron chi connectivity index (χ4n) is 2.37. The quantitative estimate of drug-likeness (QED) is 0.911. The molecule has 1 atom stereocenters. The molecule has 1 N–H and O–H groups in total. The Morgan fingerprint density at radius 1 is 1.42 bits per heavy atom. The molecule has 2 aromatic rings. The molecule has 0 radical (unpaired) electrons. The summed E-state index contributed by atoms with van der Waals surface area (Å²) >= 11 is 0. The number of ether oxygens (including phenoxy) is 1. The first-order valence-electron chi connectivity index (χ1n) is 6.53. The molecular formula is C15H15N3O. The van der Waals surface area contributed by atoms with Gasteiger partial charge in [0.25, 0.3) is 0 Å². The highest BCUT2D eigenvalue weighted by Crippen LogP contribution is 2.22. The minimum atomic E-state index is 0.375. The van der Waals surface area contributed by atoms with Crippen LogP contribution in [0.15, 0.2) is 30.3 Å². The van der Waals surface area contributed by atoms with Gasteiger partial charge in [-0.05, 0) is 31.5 Å². The number of pyridine rings is 1. The van der Waals surface area contributed by atoms with Crippen LogP contribution in [0.25, 0.3) is 10.9 Å². The number of nitrogens with one attached hydrogen (secondary N) is 1. The summed E-state index contributed by atoms with van der Waals surface area (Å²) in [5.41, 5.74) is 1.35. The summed E-state index contributed by atoms with van der Waals surface area (Å²) in [6, 6.07) is 12.1. The Kier molecular flexibility index (Phi) is 3.30. The van der Waals surface area contributed by atoms with Gasteiger partial charge in [0.2, 0.25) is 5.88 Å². The third kappa shape index (κ3) is 2.51. The van der Waals surface area contributed by atoms with E-state index >= 15 is 0 Å². The van der Waals surface area contributed by atoms with Gasteiger partial charge in [0, 0.05) is 11.4 Å². The van der Waals surface area contributed by atoms with Crippen LogP contribution >= 0.6 is 0 Å². The number of benzene rings is 1. The number of para-hydroxylation sites is 1. The number of nitrogens with zero attached hydrogens (tertiary/aromatic N) is 2. The first-order chi connectivity index (χ1) is 9.36. The molecular weight excluding hydrogens is 238 g/mol. The van der Waals surface area contributed by atoms with Gasteiger partial charge in [0.05, 0.1) is 5.52 Å². The van der Waals surface area contributed by atoms with Crippen LogP contribution in [0.3, 0.4) is 0 Å². The highest BCUT2D eigenvalue weighted by Gasteiger charge is 2.16. The van der Waals surface area contributed by atoms with Gasteiger partial charge < -0.3 is 10.1 Å². The standard InChI is InChI=1S/C15H15N3O/c16-9-12-8-11-4-1-2-6-14(11)18-15(12)19-10-13-5-3-7-17-13/h1-2,4,6,8,13,17H,3,5,7,10H2. The summed E-state index contributed by atoms with van der Waals surface area (Å²) in [5.74, 6) is 0.440. The minimum absolute atomic E-state index is 0.375. The number of aromatic nitrogens is 1. The van der Waals surface area contributed by atoms with Crippen molar-refractivity contribution in [1.82, 2.24) is 10.3 Å². The molecule has 96 valence electrons. The summed E-state index contributed by atoms with van der Waals surface area (Å²) in [4.78, 5) is 4.43. The average molecular weight is 253 g/mol. The summed E-state index contributed by atoms with van der Waals surface area (Å²) in [6.45, 7) is 1.62. The minimum Gasteiger partial charge on any atom is -0.475 e. The van der Waals surface area contributed by atoms with E-state index in [0.29, 0.717) is 24.1 Å². The fraction of sp³-hybridized carbons (Fsp3) is 0.333. The molecule has 0 bridgehead atoms. The van der Waals surface area contributed by atoms with E-state index in [1.165, 1.54) is 6.42 Å². The molecule has 19 heavy (non-hydrogen) atoms. The molecule has 4 nitrogen and oxygen atoms in total. The zero-order valence-electron chi connectivity index (χ0n) is 10.6. The van der Waals surface area contributed by atoms with Crippen LogP contribution in [0.2, 0.25) is 0 Å². The molecule has 0 saturated carbocycles. The lowest BCUT2D eigenvalue weighted by Gasteiger charge is -2.12. The van der Waals surface area contributed by atoms with Crippen molar-refractivity contribution < 1.29 is 4.74 Å². The molecule has 1 unspecified atom stereocenters. The molecule has 1 aromatic heterocycles. The predicted octanol–water partition coefficient (Wildman–Crippen LogP) is 2.24. The summed E-state index contributed by atoms with van der Waals surface area (Å²) in [7, 11) is 0. The first-order valence-corrected chi connectivity index (χ1v) is 6.53. The SMILES string of the molecule is N#Cc1cc2ccccc2nc1OCC1CCCN1. The average Bonchev–Trinajstić information content (AvgIpc) is 2.97. The van der Waals surface area contributed by atoms with Crippen molar-refractivity contribution in [2.24, 2.45) is 0 Å². The van der Waals surface area contributed by atoms with Crippen molar-refractivity contribution >= 4 is 10.9 Å². The van der Waals surface area contributed by atoms with Gasteiger partial charge in [-0.3, -0.25) is 0 Å². The smallest absolute Gasteiger partial charge is 0.232 e. The van der Waals surface area contributed by atoms with Gasteiger partial charge in [-0.2, -0.15) is 5.26 Å². The Labute approximate surface area is 112 Å². The first kappa shape index (κ1) is 11.9. The van der Waals surface area contributed by atoms with Gasteiger partial charge in [0.15, 0.2) is 0 Å². The van der Waals surface area contributed by atoms with E-state index in [4.69, 9.17) is 4.74 Å². The van der Waals surface area contributed by atoms with Crippen LogP contribution in [-0.2, 0) is 0 Å². The Morgan fingerprint density at radius 3 is 3.11 bits per heavy atom. The highest BCUT2D eigenvalue weighted by atomic mass is 16.5.